The second-order valence-electron chi connectivity index (χ2n) is 7.25. The molecule has 0 amide bonds. The first-order valence-corrected chi connectivity index (χ1v) is 11.7. The van der Waals surface area contributed by atoms with Gasteiger partial charge in [0.25, 0.3) is 5.56 Å². The summed E-state index contributed by atoms with van der Waals surface area (Å²) in [5.74, 6) is 0.847. The first-order valence-electron chi connectivity index (χ1n) is 9.74. The Hall–Kier alpha value is -2.35. The van der Waals surface area contributed by atoms with E-state index in [1.807, 2.05) is 41.0 Å². The van der Waals surface area contributed by atoms with Crippen molar-refractivity contribution >= 4 is 42.4 Å². The number of thiophene rings is 1. The number of hydrogen-bond acceptors (Lipinski definition) is 5. The Morgan fingerprint density at radius 1 is 1.10 bits per heavy atom. The lowest BCUT2D eigenvalue weighted by atomic mass is 10.1. The lowest BCUT2D eigenvalue weighted by molar-refractivity contribution is 0.279. The van der Waals surface area contributed by atoms with Crippen LogP contribution in [0.2, 0.25) is 0 Å². The van der Waals surface area contributed by atoms with E-state index in [9.17, 15) is 14.1 Å². The molecule has 7 heteroatoms. The lowest BCUT2D eigenvalue weighted by Crippen LogP contribution is -2.23. The second kappa shape index (κ2) is 7.48. The van der Waals surface area contributed by atoms with Crippen LogP contribution in [0.4, 0.5) is 0 Å². The van der Waals surface area contributed by atoms with Crippen molar-refractivity contribution in [1.82, 2.24) is 9.55 Å². The number of fused-ring (bicyclic) bond motifs is 4. The van der Waals surface area contributed by atoms with E-state index in [2.05, 4.69) is 0 Å². The maximum atomic E-state index is 13.4. The van der Waals surface area contributed by atoms with Crippen LogP contribution in [0.25, 0.3) is 20.3 Å². The van der Waals surface area contributed by atoms with Crippen molar-refractivity contribution in [2.75, 3.05) is 0 Å². The molecule has 0 aliphatic carbocycles. The van der Waals surface area contributed by atoms with Crippen LogP contribution in [-0.2, 0) is 30.4 Å². The minimum absolute atomic E-state index is 0.00802. The minimum atomic E-state index is -1.46. The van der Waals surface area contributed by atoms with Crippen molar-refractivity contribution in [2.24, 2.45) is 0 Å². The summed E-state index contributed by atoms with van der Waals surface area (Å²) in [4.78, 5) is 20.1. The Labute approximate surface area is 174 Å². The summed E-state index contributed by atoms with van der Waals surface area (Å²) in [6.45, 7) is 0.493. The third-order valence-corrected chi connectivity index (χ3v) is 8.26. The van der Waals surface area contributed by atoms with Crippen molar-refractivity contribution in [1.29, 1.82) is 0 Å². The molecule has 0 spiro atoms. The molecule has 1 atom stereocenters. The van der Waals surface area contributed by atoms with Crippen molar-refractivity contribution in [3.8, 4) is 0 Å². The fourth-order valence-electron chi connectivity index (χ4n) is 4.02. The Morgan fingerprint density at radius 2 is 1.93 bits per heavy atom. The number of aryl methyl sites for hydroxylation is 1. The molecule has 5 nitrogen and oxygen atoms in total. The molecule has 4 aromatic rings. The molecule has 0 bridgehead atoms. The van der Waals surface area contributed by atoms with Gasteiger partial charge >= 0.3 is 0 Å². The Morgan fingerprint density at radius 3 is 2.72 bits per heavy atom. The molecule has 0 saturated heterocycles. The largest absolute Gasteiger partial charge is 0.392 e. The van der Waals surface area contributed by atoms with E-state index in [1.165, 1.54) is 11.3 Å². The van der Waals surface area contributed by atoms with Gasteiger partial charge in [0.2, 0.25) is 0 Å². The molecule has 2 aromatic carbocycles. The zero-order valence-corrected chi connectivity index (χ0v) is 17.4. The maximum Gasteiger partial charge on any atom is 0.262 e. The van der Waals surface area contributed by atoms with Crippen LogP contribution in [0.15, 0.2) is 57.1 Å². The molecule has 1 N–H and O–H groups in total. The van der Waals surface area contributed by atoms with Gasteiger partial charge in [-0.05, 0) is 30.5 Å². The number of aliphatic hydroxyl groups excluding tert-OH is 1. The van der Waals surface area contributed by atoms with Gasteiger partial charge in [-0.1, -0.05) is 36.8 Å². The van der Waals surface area contributed by atoms with Crippen LogP contribution in [0.5, 0.6) is 0 Å². The zero-order valence-electron chi connectivity index (χ0n) is 15.8. The van der Waals surface area contributed by atoms with E-state index in [0.29, 0.717) is 32.1 Å². The zero-order chi connectivity index (χ0) is 20.0. The highest BCUT2D eigenvalue weighted by Crippen LogP contribution is 2.38. The van der Waals surface area contributed by atoms with Crippen LogP contribution in [0.3, 0.4) is 0 Å². The van der Waals surface area contributed by atoms with Gasteiger partial charge in [-0.2, -0.15) is 0 Å². The van der Waals surface area contributed by atoms with E-state index < -0.39 is 10.8 Å². The summed E-state index contributed by atoms with van der Waals surface area (Å²) in [6, 6.07) is 12.9. The van der Waals surface area contributed by atoms with Crippen molar-refractivity contribution in [3.63, 3.8) is 0 Å². The minimum Gasteiger partial charge on any atom is -0.392 e. The normalized spacial score (nSPS) is 15.3. The van der Waals surface area contributed by atoms with E-state index in [-0.39, 0.29) is 12.2 Å². The van der Waals surface area contributed by atoms with E-state index in [0.717, 1.165) is 41.6 Å². The molecule has 148 valence electrons. The van der Waals surface area contributed by atoms with Crippen LogP contribution in [0, 0.1) is 0 Å². The number of rotatable bonds is 3. The molecular weight excluding hydrogens is 404 g/mol. The second-order valence-corrected chi connectivity index (χ2v) is 9.66. The van der Waals surface area contributed by atoms with E-state index in [4.69, 9.17) is 4.98 Å². The molecular formula is C22H20N2O3S2. The van der Waals surface area contributed by atoms with Gasteiger partial charge in [0.15, 0.2) is 0 Å². The molecule has 3 heterocycles. The van der Waals surface area contributed by atoms with Crippen molar-refractivity contribution in [2.45, 2.75) is 48.6 Å². The first-order chi connectivity index (χ1) is 14.2. The molecule has 0 saturated carbocycles. The number of aliphatic hydroxyl groups is 1. The summed E-state index contributed by atoms with van der Waals surface area (Å²) in [5, 5.41) is 11.3. The highest BCUT2D eigenvalue weighted by molar-refractivity contribution is 7.85. The van der Waals surface area contributed by atoms with Crippen LogP contribution >= 0.6 is 11.3 Å². The van der Waals surface area contributed by atoms with Gasteiger partial charge in [0.05, 0.1) is 32.4 Å². The predicted molar refractivity (Wildman–Crippen MR) is 116 cm³/mol. The van der Waals surface area contributed by atoms with Gasteiger partial charge in [-0.3, -0.25) is 9.36 Å². The Bertz CT molecular complexity index is 1310. The van der Waals surface area contributed by atoms with Gasteiger partial charge < -0.3 is 5.11 Å². The number of nitrogens with zero attached hydrogens (tertiary/aromatic N) is 2. The Balaban J connectivity index is 1.83. The summed E-state index contributed by atoms with van der Waals surface area (Å²) >= 11 is 1.41. The standard InChI is InChI=1S/C22H20N2O3S2/c25-13-14-10-11-16-18-21(23-17-9-5-2-6-12-24(17)22(18)26)28-19(16)20(14)29(27)15-7-3-1-4-8-15/h1,3-4,7-8,10-11,25H,2,5-6,9,12-13H2. The van der Waals surface area contributed by atoms with E-state index >= 15 is 0 Å². The third kappa shape index (κ3) is 3.04. The molecule has 1 unspecified atom stereocenters. The van der Waals surface area contributed by atoms with E-state index in [1.54, 1.807) is 6.07 Å². The monoisotopic (exact) mass is 424 g/mol. The van der Waals surface area contributed by atoms with Crippen molar-refractivity contribution in [3.05, 3.63) is 64.2 Å². The van der Waals surface area contributed by atoms with Crippen molar-refractivity contribution < 1.29 is 9.32 Å². The molecule has 5 rings (SSSR count). The molecule has 0 radical (unpaired) electrons. The SMILES string of the molecule is O=c1c2c(nc3n1CCCCC3)sc1c(S(=O)c3ccccc3)c(CO)ccc12. The molecule has 1 aliphatic heterocycles. The molecule has 29 heavy (non-hydrogen) atoms. The average molecular weight is 425 g/mol. The smallest absolute Gasteiger partial charge is 0.262 e. The average Bonchev–Trinajstić information content (AvgIpc) is 2.95. The summed E-state index contributed by atoms with van der Waals surface area (Å²) in [7, 11) is -1.46. The third-order valence-electron chi connectivity index (χ3n) is 5.47. The molecule has 0 fully saturated rings. The first kappa shape index (κ1) is 18.7. The number of benzene rings is 2. The van der Waals surface area contributed by atoms with Gasteiger partial charge in [-0.25, -0.2) is 9.19 Å². The van der Waals surface area contributed by atoms with Crippen LogP contribution in [0.1, 0.15) is 30.7 Å². The van der Waals surface area contributed by atoms with Crippen LogP contribution < -0.4 is 5.56 Å². The highest BCUT2D eigenvalue weighted by Gasteiger charge is 2.23. The Kier molecular flexibility index (Phi) is 4.81. The number of aromatic nitrogens is 2. The van der Waals surface area contributed by atoms with Crippen LogP contribution in [-0.4, -0.2) is 18.9 Å². The number of hydrogen-bond donors (Lipinski definition) is 1. The van der Waals surface area contributed by atoms with Gasteiger partial charge in [-0.15, -0.1) is 11.3 Å². The maximum absolute atomic E-state index is 13.4. The quantitative estimate of drug-likeness (QED) is 0.540. The molecule has 1 aliphatic rings. The summed E-state index contributed by atoms with van der Waals surface area (Å²) < 4.78 is 16.0. The summed E-state index contributed by atoms with van der Waals surface area (Å²) in [6.07, 6.45) is 3.95. The predicted octanol–water partition coefficient (Wildman–Crippen LogP) is 4.00. The summed E-state index contributed by atoms with van der Waals surface area (Å²) in [5.41, 5.74) is 0.610. The lowest BCUT2D eigenvalue weighted by Gasteiger charge is -2.09. The fourth-order valence-corrected chi connectivity index (χ4v) is 6.81. The topological polar surface area (TPSA) is 72.2 Å². The fraction of sp³-hybridized carbons (Fsp3) is 0.273. The van der Waals surface area contributed by atoms with Gasteiger partial charge in [0.1, 0.15) is 10.7 Å². The van der Waals surface area contributed by atoms with Gasteiger partial charge in [0, 0.05) is 23.2 Å². The highest BCUT2D eigenvalue weighted by atomic mass is 32.2. The molecule has 2 aromatic heterocycles.